The monoisotopic (exact) mass is 487 g/mol. The number of benzene rings is 1. The molecule has 34 heavy (non-hydrogen) atoms. The second-order valence-electron chi connectivity index (χ2n) is 10.8. The van der Waals surface area contributed by atoms with Gasteiger partial charge in [0.2, 0.25) is 0 Å². The maximum Gasteiger partial charge on any atom is 0.433 e. The highest BCUT2D eigenvalue weighted by molar-refractivity contribution is 7.17. The molecule has 1 saturated carbocycles. The molecule has 1 aliphatic heterocycles. The van der Waals surface area contributed by atoms with Gasteiger partial charge in [-0.2, -0.15) is 4.99 Å². The maximum absolute atomic E-state index is 15.5. The zero-order valence-corrected chi connectivity index (χ0v) is 21.6. The molecule has 4 rings (SSSR count). The molecule has 186 valence electrons. The molecule has 0 radical (unpaired) electrons. The van der Waals surface area contributed by atoms with Gasteiger partial charge >= 0.3 is 6.09 Å². The molecular formula is C27H38FN3O2S. The maximum atomic E-state index is 15.5. The van der Waals surface area contributed by atoms with Gasteiger partial charge in [0.15, 0.2) is 0 Å². The molecule has 2 aliphatic rings. The number of anilines is 1. The third kappa shape index (κ3) is 6.79. The van der Waals surface area contributed by atoms with E-state index in [0.717, 1.165) is 52.0 Å². The zero-order valence-electron chi connectivity index (χ0n) is 20.8. The second kappa shape index (κ2) is 10.7. The average molecular weight is 488 g/mol. The van der Waals surface area contributed by atoms with Crippen LogP contribution in [-0.2, 0) is 4.74 Å². The summed E-state index contributed by atoms with van der Waals surface area (Å²) in [6.45, 7) is 10.3. The van der Waals surface area contributed by atoms with Crippen molar-refractivity contribution in [2.24, 2.45) is 10.9 Å². The number of halogens is 1. The Labute approximate surface area is 207 Å². The van der Waals surface area contributed by atoms with E-state index >= 15 is 4.39 Å². The van der Waals surface area contributed by atoms with Crippen LogP contribution < -0.4 is 4.90 Å². The van der Waals surface area contributed by atoms with Crippen molar-refractivity contribution in [3.05, 3.63) is 29.6 Å². The molecule has 0 spiro atoms. The Balaban J connectivity index is 1.23. The molecule has 2 fully saturated rings. The van der Waals surface area contributed by atoms with E-state index in [0.29, 0.717) is 19.3 Å². The van der Waals surface area contributed by atoms with E-state index in [1.807, 2.05) is 20.8 Å². The van der Waals surface area contributed by atoms with Crippen LogP contribution in [0.25, 0.3) is 10.1 Å². The smallest absolute Gasteiger partial charge is 0.433 e. The summed E-state index contributed by atoms with van der Waals surface area (Å²) < 4.78 is 22.1. The molecule has 1 amide bonds. The van der Waals surface area contributed by atoms with Crippen LogP contribution in [0.4, 0.5) is 14.9 Å². The van der Waals surface area contributed by atoms with Crippen molar-refractivity contribution in [3.8, 4) is 0 Å². The summed E-state index contributed by atoms with van der Waals surface area (Å²) in [5.41, 5.74) is -0.324. The van der Waals surface area contributed by atoms with Crippen LogP contribution in [-0.4, -0.2) is 61.2 Å². The Bertz CT molecular complexity index is 991. The first-order valence-electron chi connectivity index (χ1n) is 12.6. The van der Waals surface area contributed by atoms with Crippen LogP contribution >= 0.6 is 11.3 Å². The van der Waals surface area contributed by atoms with Crippen LogP contribution in [0.5, 0.6) is 0 Å². The fourth-order valence-electron chi connectivity index (χ4n) is 5.06. The Kier molecular flexibility index (Phi) is 7.93. The number of nitrogens with zero attached hydrogens (tertiary/aromatic N) is 3. The topological polar surface area (TPSA) is 45.1 Å². The Morgan fingerprint density at radius 1 is 1.21 bits per heavy atom. The highest BCUT2D eigenvalue weighted by Gasteiger charge is 2.35. The van der Waals surface area contributed by atoms with Gasteiger partial charge in [0.25, 0.3) is 0 Å². The highest BCUT2D eigenvalue weighted by atomic mass is 32.1. The third-order valence-corrected chi connectivity index (χ3v) is 7.87. The van der Waals surface area contributed by atoms with E-state index in [1.165, 1.54) is 15.8 Å². The van der Waals surface area contributed by atoms with Gasteiger partial charge in [0.1, 0.15) is 11.3 Å². The lowest BCUT2D eigenvalue weighted by atomic mass is 9.78. The van der Waals surface area contributed by atoms with Gasteiger partial charge in [0, 0.05) is 48.2 Å². The zero-order chi connectivity index (χ0) is 24.2. The summed E-state index contributed by atoms with van der Waals surface area (Å²) >= 11 is 1.79. The first-order valence-corrected chi connectivity index (χ1v) is 13.5. The number of aliphatic imine (C=N–C) groups is 1. The van der Waals surface area contributed by atoms with Crippen molar-refractivity contribution in [2.45, 2.75) is 70.6 Å². The fourth-order valence-corrected chi connectivity index (χ4v) is 5.87. The summed E-state index contributed by atoms with van der Waals surface area (Å²) in [7, 11) is 0. The van der Waals surface area contributed by atoms with Crippen LogP contribution in [0.3, 0.4) is 0 Å². The first-order chi connectivity index (χ1) is 16.2. The summed E-state index contributed by atoms with van der Waals surface area (Å²) in [4.78, 5) is 20.7. The molecule has 1 aliphatic carbocycles. The highest BCUT2D eigenvalue weighted by Crippen LogP contribution is 2.37. The Morgan fingerprint density at radius 3 is 2.76 bits per heavy atom. The predicted octanol–water partition coefficient (Wildman–Crippen LogP) is 6.71. The summed E-state index contributed by atoms with van der Waals surface area (Å²) in [5, 5.41) is 3.51. The largest absolute Gasteiger partial charge is 0.442 e. The minimum atomic E-state index is -1.11. The quantitative estimate of drug-likeness (QED) is 0.440. The summed E-state index contributed by atoms with van der Waals surface area (Å²) in [6, 6.07) is 8.79. The van der Waals surface area contributed by atoms with Gasteiger partial charge in [0.05, 0.1) is 0 Å². The van der Waals surface area contributed by atoms with Crippen LogP contribution in [0.15, 0.2) is 34.6 Å². The van der Waals surface area contributed by atoms with Crippen molar-refractivity contribution in [2.75, 3.05) is 37.6 Å². The molecule has 1 aromatic carbocycles. The lowest BCUT2D eigenvalue weighted by Crippen LogP contribution is -2.37. The standard InChI is InChI=1S/C27H38FN3O2S/c1-26(2,3)33-25(32)29-20-21-8-11-27(28,12-9-21)13-16-30-14-5-15-31(18-17-30)23-6-4-7-24-22(23)10-19-34-24/h4,6-7,10,19-21H,5,8-9,11-18H2,1-3H3. The molecule has 2 heterocycles. The number of hydrogen-bond acceptors (Lipinski definition) is 5. The number of ether oxygens (including phenoxy) is 1. The van der Waals surface area contributed by atoms with Gasteiger partial charge < -0.3 is 14.5 Å². The Hall–Kier alpha value is -1.99. The lowest BCUT2D eigenvalue weighted by molar-refractivity contribution is 0.0601. The number of hydrogen-bond donors (Lipinski definition) is 0. The van der Waals surface area contributed by atoms with E-state index in [-0.39, 0.29) is 5.92 Å². The Morgan fingerprint density at radius 2 is 2.00 bits per heavy atom. The number of alkyl halides is 1. The minimum absolute atomic E-state index is 0.156. The molecule has 5 nitrogen and oxygen atoms in total. The number of amides is 1. The molecule has 0 atom stereocenters. The van der Waals surface area contributed by atoms with Crippen molar-refractivity contribution in [1.82, 2.24) is 4.90 Å². The fraction of sp³-hybridized carbons (Fsp3) is 0.630. The van der Waals surface area contributed by atoms with Crippen LogP contribution in [0.2, 0.25) is 0 Å². The van der Waals surface area contributed by atoms with Gasteiger partial charge in [-0.1, -0.05) is 6.07 Å². The number of thiophene rings is 1. The molecule has 1 aromatic heterocycles. The minimum Gasteiger partial charge on any atom is -0.442 e. The number of carbonyl (C=O) groups excluding carboxylic acids is 1. The van der Waals surface area contributed by atoms with Gasteiger partial charge in [-0.05, 0) is 95.3 Å². The summed E-state index contributed by atoms with van der Waals surface area (Å²) in [5.74, 6) is 0.156. The molecule has 0 N–H and O–H groups in total. The first kappa shape index (κ1) is 25.1. The average Bonchev–Trinajstić information content (AvgIpc) is 3.14. The van der Waals surface area contributed by atoms with Gasteiger partial charge in [-0.25, -0.2) is 9.18 Å². The summed E-state index contributed by atoms with van der Waals surface area (Å²) in [6.07, 6.45) is 5.35. The van der Waals surface area contributed by atoms with Gasteiger partial charge in [-0.15, -0.1) is 11.3 Å². The lowest BCUT2D eigenvalue weighted by Gasteiger charge is -2.34. The third-order valence-electron chi connectivity index (χ3n) is 6.99. The van der Waals surface area contributed by atoms with Crippen molar-refractivity contribution in [1.29, 1.82) is 0 Å². The van der Waals surface area contributed by atoms with Crippen molar-refractivity contribution >= 4 is 39.4 Å². The van der Waals surface area contributed by atoms with E-state index in [4.69, 9.17) is 4.74 Å². The molecule has 2 aromatic rings. The molecule has 7 heteroatoms. The SMILES string of the molecule is CC(C)(C)OC(=O)N=CC1CCC(F)(CCN2CCCN(c3cccc4sccc34)CC2)CC1. The normalized spacial score (nSPS) is 25.1. The number of fused-ring (bicyclic) bond motifs is 1. The predicted molar refractivity (Wildman–Crippen MR) is 140 cm³/mol. The molecule has 0 unspecified atom stereocenters. The molecule has 0 bridgehead atoms. The van der Waals surface area contributed by atoms with E-state index in [9.17, 15) is 4.79 Å². The number of carbonyl (C=O) groups is 1. The van der Waals surface area contributed by atoms with E-state index in [1.54, 1.807) is 17.6 Å². The number of rotatable bonds is 5. The van der Waals surface area contributed by atoms with E-state index in [2.05, 4.69) is 44.4 Å². The molecule has 1 saturated heterocycles. The molecular weight excluding hydrogens is 449 g/mol. The van der Waals surface area contributed by atoms with E-state index < -0.39 is 17.4 Å². The second-order valence-corrected chi connectivity index (χ2v) is 11.7. The van der Waals surface area contributed by atoms with Crippen molar-refractivity contribution < 1.29 is 13.9 Å². The van der Waals surface area contributed by atoms with Crippen LogP contribution in [0, 0.1) is 5.92 Å². The van der Waals surface area contributed by atoms with Gasteiger partial charge in [-0.3, -0.25) is 0 Å². The van der Waals surface area contributed by atoms with Crippen LogP contribution in [0.1, 0.15) is 59.3 Å². The van der Waals surface area contributed by atoms with Crippen molar-refractivity contribution in [3.63, 3.8) is 0 Å².